The van der Waals surface area contributed by atoms with Gasteiger partial charge < -0.3 is 9.80 Å². The molecule has 2 fully saturated rings. The van der Waals surface area contributed by atoms with Gasteiger partial charge in [-0.2, -0.15) is 0 Å². The van der Waals surface area contributed by atoms with Crippen molar-refractivity contribution >= 4 is 40.6 Å². The fraction of sp³-hybridized carbons (Fsp3) is 0.478. The second kappa shape index (κ2) is 11.5. The smallest absolute Gasteiger partial charge is 0.254 e. The van der Waals surface area contributed by atoms with E-state index >= 15 is 0 Å². The van der Waals surface area contributed by atoms with Gasteiger partial charge in [0.25, 0.3) is 5.91 Å². The van der Waals surface area contributed by atoms with E-state index in [4.69, 9.17) is 0 Å². The Morgan fingerprint density at radius 1 is 0.969 bits per heavy atom. The van der Waals surface area contributed by atoms with Crippen LogP contribution in [0.15, 0.2) is 47.6 Å². The largest absolute Gasteiger partial charge is 0.334 e. The van der Waals surface area contributed by atoms with Gasteiger partial charge in [0.05, 0.1) is 5.75 Å². The van der Waals surface area contributed by atoms with E-state index in [1.807, 2.05) is 29.2 Å². The second-order valence-electron chi connectivity index (χ2n) is 8.17. The van der Waals surface area contributed by atoms with Crippen LogP contribution in [0.4, 0.5) is 0 Å². The molecule has 0 aliphatic carbocycles. The highest BCUT2D eigenvalue weighted by atomic mass is 35.5. The van der Waals surface area contributed by atoms with Gasteiger partial charge in [-0.25, -0.2) is 13.4 Å². The SMILES string of the molecule is CCS(=O)(=O)c1ccc(-c2ccc(C(=O)N3CCCC3CN3CCCC3)cc2)cn1.Cl.Cl. The number of rotatable bonds is 6. The topological polar surface area (TPSA) is 70.6 Å². The molecule has 2 aliphatic rings. The summed E-state index contributed by atoms with van der Waals surface area (Å²) in [6.07, 6.45) is 6.26. The van der Waals surface area contributed by atoms with Gasteiger partial charge in [0, 0.05) is 36.5 Å². The average molecular weight is 500 g/mol. The van der Waals surface area contributed by atoms with E-state index in [0.29, 0.717) is 11.6 Å². The highest BCUT2D eigenvalue weighted by Crippen LogP contribution is 2.25. The van der Waals surface area contributed by atoms with Crippen LogP contribution in [-0.4, -0.2) is 67.1 Å². The van der Waals surface area contributed by atoms with Crippen molar-refractivity contribution in [1.82, 2.24) is 14.8 Å². The van der Waals surface area contributed by atoms with Gasteiger partial charge in [-0.1, -0.05) is 19.1 Å². The fourth-order valence-corrected chi connectivity index (χ4v) is 5.19. The van der Waals surface area contributed by atoms with Crippen molar-refractivity contribution in [3.63, 3.8) is 0 Å². The van der Waals surface area contributed by atoms with Crippen molar-refractivity contribution in [2.24, 2.45) is 0 Å². The van der Waals surface area contributed by atoms with E-state index in [0.717, 1.165) is 50.1 Å². The minimum atomic E-state index is -3.30. The molecule has 9 heteroatoms. The molecule has 1 unspecified atom stereocenters. The van der Waals surface area contributed by atoms with Crippen molar-refractivity contribution in [3.05, 3.63) is 48.2 Å². The Kier molecular flexibility index (Phi) is 9.52. The van der Waals surface area contributed by atoms with Gasteiger partial charge in [-0.3, -0.25) is 4.79 Å². The van der Waals surface area contributed by atoms with Gasteiger partial charge in [0.1, 0.15) is 0 Å². The minimum absolute atomic E-state index is 0. The zero-order chi connectivity index (χ0) is 21.1. The molecular formula is C23H31Cl2N3O3S. The molecule has 0 N–H and O–H groups in total. The number of aromatic nitrogens is 1. The molecule has 32 heavy (non-hydrogen) atoms. The molecule has 0 radical (unpaired) electrons. The van der Waals surface area contributed by atoms with E-state index in [-0.39, 0.29) is 41.5 Å². The Balaban J connectivity index is 0.00000181. The Bertz CT molecular complexity index is 992. The van der Waals surface area contributed by atoms with Crippen LogP contribution in [0.1, 0.15) is 43.0 Å². The lowest BCUT2D eigenvalue weighted by molar-refractivity contribution is 0.0709. The summed E-state index contributed by atoms with van der Waals surface area (Å²) < 4.78 is 23.8. The van der Waals surface area contributed by atoms with E-state index in [2.05, 4.69) is 9.88 Å². The zero-order valence-electron chi connectivity index (χ0n) is 18.3. The van der Waals surface area contributed by atoms with Gasteiger partial charge in [0.2, 0.25) is 0 Å². The van der Waals surface area contributed by atoms with Gasteiger partial charge in [-0.05, 0) is 68.6 Å². The highest BCUT2D eigenvalue weighted by Gasteiger charge is 2.31. The second-order valence-corrected chi connectivity index (χ2v) is 10.4. The van der Waals surface area contributed by atoms with Crippen LogP contribution in [0.25, 0.3) is 11.1 Å². The number of halogens is 2. The number of amides is 1. The summed E-state index contributed by atoms with van der Waals surface area (Å²) in [4.78, 5) is 21.7. The highest BCUT2D eigenvalue weighted by molar-refractivity contribution is 7.91. The first-order valence-electron chi connectivity index (χ1n) is 10.8. The molecule has 176 valence electrons. The summed E-state index contributed by atoms with van der Waals surface area (Å²) in [5.41, 5.74) is 2.44. The molecule has 1 atom stereocenters. The number of carbonyl (C=O) groups is 1. The number of nitrogens with zero attached hydrogens (tertiary/aromatic N) is 3. The van der Waals surface area contributed by atoms with Crippen molar-refractivity contribution in [1.29, 1.82) is 0 Å². The number of pyridine rings is 1. The monoisotopic (exact) mass is 499 g/mol. The van der Waals surface area contributed by atoms with Gasteiger partial charge >= 0.3 is 0 Å². The molecule has 0 bridgehead atoms. The molecule has 6 nitrogen and oxygen atoms in total. The van der Waals surface area contributed by atoms with E-state index in [1.165, 1.54) is 12.8 Å². The Morgan fingerprint density at radius 2 is 1.62 bits per heavy atom. The van der Waals surface area contributed by atoms with Crippen molar-refractivity contribution in [2.45, 2.75) is 43.7 Å². The molecule has 3 heterocycles. The average Bonchev–Trinajstić information content (AvgIpc) is 3.46. The summed E-state index contributed by atoms with van der Waals surface area (Å²) in [6.45, 7) is 5.73. The first-order valence-corrected chi connectivity index (χ1v) is 12.5. The number of sulfone groups is 1. The van der Waals surface area contributed by atoms with Crippen LogP contribution in [0.5, 0.6) is 0 Å². The number of hydrogen-bond acceptors (Lipinski definition) is 5. The summed E-state index contributed by atoms with van der Waals surface area (Å²) in [7, 11) is -3.30. The third-order valence-corrected chi connectivity index (χ3v) is 7.84. The summed E-state index contributed by atoms with van der Waals surface area (Å²) >= 11 is 0. The number of benzene rings is 1. The van der Waals surface area contributed by atoms with Crippen molar-refractivity contribution in [2.75, 3.05) is 31.9 Å². The normalized spacial score (nSPS) is 18.8. The molecule has 0 saturated carbocycles. The fourth-order valence-electron chi connectivity index (χ4n) is 4.41. The standard InChI is InChI=1S/C23H29N3O3S.2ClH/c1-2-30(28,29)22-12-11-20(16-24-22)18-7-9-19(10-8-18)23(27)26-15-5-6-21(26)17-25-13-3-4-14-25;;/h7-12,16,21H,2-6,13-15,17H2,1H3;2*1H. The van der Waals surface area contributed by atoms with Crippen LogP contribution in [0, 0.1) is 0 Å². The number of likely N-dealkylation sites (tertiary alicyclic amines) is 2. The van der Waals surface area contributed by atoms with Crippen molar-refractivity contribution in [3.8, 4) is 11.1 Å². The lowest BCUT2D eigenvalue weighted by atomic mass is 10.0. The maximum Gasteiger partial charge on any atom is 0.254 e. The molecule has 2 aromatic rings. The molecular weight excluding hydrogens is 469 g/mol. The lowest BCUT2D eigenvalue weighted by Gasteiger charge is -2.28. The maximum atomic E-state index is 13.1. The number of hydrogen-bond donors (Lipinski definition) is 0. The molecule has 4 rings (SSSR count). The Labute approximate surface area is 203 Å². The third kappa shape index (κ3) is 5.81. The van der Waals surface area contributed by atoms with Gasteiger partial charge in [0.15, 0.2) is 14.9 Å². The van der Waals surface area contributed by atoms with E-state index in [9.17, 15) is 13.2 Å². The van der Waals surface area contributed by atoms with Crippen molar-refractivity contribution < 1.29 is 13.2 Å². The Hall–Kier alpha value is -1.67. The van der Waals surface area contributed by atoms with Crippen LogP contribution in [0.2, 0.25) is 0 Å². The summed E-state index contributed by atoms with van der Waals surface area (Å²) in [5, 5.41) is 0.0959. The Morgan fingerprint density at radius 3 is 2.22 bits per heavy atom. The molecule has 2 aliphatic heterocycles. The summed E-state index contributed by atoms with van der Waals surface area (Å²) in [6, 6.07) is 11.2. The molecule has 0 spiro atoms. The first-order chi connectivity index (χ1) is 14.5. The first kappa shape index (κ1) is 26.6. The molecule has 2 saturated heterocycles. The molecule has 1 aromatic heterocycles. The van der Waals surface area contributed by atoms with E-state index in [1.54, 1.807) is 25.3 Å². The van der Waals surface area contributed by atoms with Crippen LogP contribution in [-0.2, 0) is 9.84 Å². The molecule has 1 amide bonds. The number of carbonyl (C=O) groups excluding carboxylic acids is 1. The van der Waals surface area contributed by atoms with Crippen LogP contribution < -0.4 is 0 Å². The predicted molar refractivity (Wildman–Crippen MR) is 132 cm³/mol. The van der Waals surface area contributed by atoms with Crippen LogP contribution >= 0.6 is 24.8 Å². The van der Waals surface area contributed by atoms with Crippen LogP contribution in [0.3, 0.4) is 0 Å². The maximum absolute atomic E-state index is 13.1. The van der Waals surface area contributed by atoms with E-state index < -0.39 is 9.84 Å². The minimum Gasteiger partial charge on any atom is -0.334 e. The summed E-state index contributed by atoms with van der Waals surface area (Å²) in [5.74, 6) is 0.136. The lowest BCUT2D eigenvalue weighted by Crippen LogP contribution is -2.42. The molecule has 1 aromatic carbocycles. The van der Waals surface area contributed by atoms with Gasteiger partial charge in [-0.15, -0.1) is 24.8 Å². The quantitative estimate of drug-likeness (QED) is 0.598. The third-order valence-electron chi connectivity index (χ3n) is 6.21. The predicted octanol–water partition coefficient (Wildman–Crippen LogP) is 4.09. The zero-order valence-corrected chi connectivity index (χ0v) is 20.7.